The van der Waals surface area contributed by atoms with Crippen LogP contribution in [-0.2, 0) is 19.1 Å². The normalized spacial score (nSPS) is 46.2. The van der Waals surface area contributed by atoms with Gasteiger partial charge in [-0.3, -0.25) is 14.4 Å². The number of aliphatic hydroxyl groups excluding tert-OH is 1. The van der Waals surface area contributed by atoms with E-state index in [1.165, 1.54) is 6.92 Å². The molecule has 0 bridgehead atoms. The van der Waals surface area contributed by atoms with E-state index < -0.39 is 35.5 Å². The minimum Gasteiger partial charge on any atom is -0.458 e. The summed E-state index contributed by atoms with van der Waals surface area (Å²) in [7, 11) is 0. The number of ether oxygens (including phenoxy) is 1. The SMILES string of the molecule is CC(=O)OCC(=O)[C@@]1(O)CC[C@H]2[C@@H]3CCC4=CC(=O)CC[C@]4(C)[C@@H]3[C@H](O)C[C@@]21C. The number of carbonyl (C=O) groups is 3. The molecule has 6 nitrogen and oxygen atoms in total. The van der Waals surface area contributed by atoms with Crippen LogP contribution in [0.15, 0.2) is 11.6 Å². The van der Waals surface area contributed by atoms with Gasteiger partial charge in [0.1, 0.15) is 5.60 Å². The van der Waals surface area contributed by atoms with Crippen LogP contribution in [0.3, 0.4) is 0 Å². The van der Waals surface area contributed by atoms with Crippen molar-refractivity contribution in [3.05, 3.63) is 11.6 Å². The van der Waals surface area contributed by atoms with Crippen molar-refractivity contribution in [2.75, 3.05) is 6.61 Å². The van der Waals surface area contributed by atoms with Crippen LogP contribution in [0.4, 0.5) is 0 Å². The molecule has 0 aliphatic heterocycles. The summed E-state index contributed by atoms with van der Waals surface area (Å²) in [5.41, 5.74) is -1.36. The highest BCUT2D eigenvalue weighted by molar-refractivity contribution is 5.92. The van der Waals surface area contributed by atoms with E-state index >= 15 is 0 Å². The summed E-state index contributed by atoms with van der Waals surface area (Å²) in [6, 6.07) is 0. The van der Waals surface area contributed by atoms with Crippen molar-refractivity contribution < 1.29 is 29.3 Å². The van der Waals surface area contributed by atoms with Gasteiger partial charge in [-0.2, -0.15) is 0 Å². The summed E-state index contributed by atoms with van der Waals surface area (Å²) in [6.07, 6.45) is 5.54. The van der Waals surface area contributed by atoms with Crippen LogP contribution < -0.4 is 0 Å². The van der Waals surface area contributed by atoms with Gasteiger partial charge in [0.15, 0.2) is 12.4 Å². The number of aliphatic hydroxyl groups is 2. The topological polar surface area (TPSA) is 101 Å². The van der Waals surface area contributed by atoms with Gasteiger partial charge in [0, 0.05) is 18.8 Å². The molecular formula is C23H32O6. The highest BCUT2D eigenvalue weighted by Gasteiger charge is 2.68. The lowest BCUT2D eigenvalue weighted by molar-refractivity contribution is -0.184. The predicted molar refractivity (Wildman–Crippen MR) is 105 cm³/mol. The van der Waals surface area contributed by atoms with E-state index in [1.807, 2.05) is 6.92 Å². The largest absolute Gasteiger partial charge is 0.458 e. The third-order valence-corrected chi connectivity index (χ3v) is 8.92. The quantitative estimate of drug-likeness (QED) is 0.701. The number of ketones is 2. The van der Waals surface area contributed by atoms with Gasteiger partial charge in [-0.25, -0.2) is 0 Å². The van der Waals surface area contributed by atoms with Crippen molar-refractivity contribution in [1.29, 1.82) is 0 Å². The van der Waals surface area contributed by atoms with Gasteiger partial charge in [0.2, 0.25) is 5.78 Å². The lowest BCUT2D eigenvalue weighted by atomic mass is 9.45. The van der Waals surface area contributed by atoms with Crippen LogP contribution >= 0.6 is 0 Å². The molecule has 3 fully saturated rings. The standard InChI is InChI=1S/C23H32O6/c1-13(24)29-12-19(27)23(28)9-7-17-16-5-4-14-10-15(25)6-8-21(14,2)20(16)18(26)11-22(17,23)3/h10,16-18,20,26,28H,4-9,11-12H2,1-3H3/t16-,17-,18+,20-,21-,22-,23-/m0/s1. The summed E-state index contributed by atoms with van der Waals surface area (Å²) >= 11 is 0. The number of esters is 1. The van der Waals surface area contributed by atoms with Gasteiger partial charge in [-0.05, 0) is 67.8 Å². The van der Waals surface area contributed by atoms with Gasteiger partial charge in [-0.1, -0.05) is 19.4 Å². The fraction of sp³-hybridized carbons (Fsp3) is 0.783. The van der Waals surface area contributed by atoms with Gasteiger partial charge in [0.25, 0.3) is 0 Å². The van der Waals surface area contributed by atoms with Crippen LogP contribution in [0.2, 0.25) is 0 Å². The van der Waals surface area contributed by atoms with E-state index in [9.17, 15) is 24.6 Å². The molecule has 0 aromatic heterocycles. The molecular weight excluding hydrogens is 372 g/mol. The lowest BCUT2D eigenvalue weighted by Gasteiger charge is -2.60. The number of Topliss-reactive ketones (excluding diaryl/α,β-unsaturated/α-hetero) is 1. The molecule has 6 heteroatoms. The number of hydrogen-bond acceptors (Lipinski definition) is 6. The van der Waals surface area contributed by atoms with Crippen molar-refractivity contribution in [2.24, 2.45) is 28.6 Å². The molecule has 29 heavy (non-hydrogen) atoms. The number of fused-ring (bicyclic) bond motifs is 5. The van der Waals surface area contributed by atoms with Crippen molar-refractivity contribution in [3.8, 4) is 0 Å². The van der Waals surface area contributed by atoms with Crippen LogP contribution in [0.5, 0.6) is 0 Å². The predicted octanol–water partition coefficient (Wildman–Crippen LogP) is 2.35. The summed E-state index contributed by atoms with van der Waals surface area (Å²) in [5, 5.41) is 22.8. The summed E-state index contributed by atoms with van der Waals surface area (Å²) < 4.78 is 4.89. The van der Waals surface area contributed by atoms with Gasteiger partial charge >= 0.3 is 5.97 Å². The van der Waals surface area contributed by atoms with E-state index in [0.717, 1.165) is 31.3 Å². The van der Waals surface area contributed by atoms with Gasteiger partial charge < -0.3 is 14.9 Å². The Kier molecular flexibility index (Phi) is 4.82. The zero-order valence-electron chi connectivity index (χ0n) is 17.6. The zero-order valence-corrected chi connectivity index (χ0v) is 17.6. The average molecular weight is 405 g/mol. The van der Waals surface area contributed by atoms with E-state index in [1.54, 1.807) is 6.08 Å². The third kappa shape index (κ3) is 2.86. The van der Waals surface area contributed by atoms with Crippen molar-refractivity contribution >= 4 is 17.5 Å². The van der Waals surface area contributed by atoms with Crippen molar-refractivity contribution in [1.82, 2.24) is 0 Å². The maximum absolute atomic E-state index is 12.9. The van der Waals surface area contributed by atoms with Crippen molar-refractivity contribution in [3.63, 3.8) is 0 Å². The number of allylic oxidation sites excluding steroid dienone is 1. The highest BCUT2D eigenvalue weighted by atomic mass is 16.5. The summed E-state index contributed by atoms with van der Waals surface area (Å²) in [5.74, 6) is -0.462. The Bertz CT molecular complexity index is 786. The number of carbonyl (C=O) groups excluding carboxylic acids is 3. The smallest absolute Gasteiger partial charge is 0.303 e. The van der Waals surface area contributed by atoms with E-state index in [-0.39, 0.29) is 29.0 Å². The Morgan fingerprint density at radius 2 is 1.93 bits per heavy atom. The second kappa shape index (κ2) is 6.74. The van der Waals surface area contributed by atoms with Gasteiger partial charge in [0.05, 0.1) is 6.10 Å². The molecule has 0 heterocycles. The number of hydrogen-bond donors (Lipinski definition) is 2. The van der Waals surface area contributed by atoms with Crippen LogP contribution in [-0.4, -0.2) is 46.1 Å². The fourth-order valence-corrected chi connectivity index (χ4v) is 7.44. The minimum atomic E-state index is -1.58. The monoisotopic (exact) mass is 404 g/mol. The van der Waals surface area contributed by atoms with Gasteiger partial charge in [-0.15, -0.1) is 0 Å². The van der Waals surface area contributed by atoms with Crippen molar-refractivity contribution in [2.45, 2.75) is 77.4 Å². The Hall–Kier alpha value is -1.53. The second-order valence-electron chi connectivity index (χ2n) is 10.2. The first-order chi connectivity index (χ1) is 13.5. The maximum Gasteiger partial charge on any atom is 0.303 e. The first-order valence-electron chi connectivity index (χ1n) is 10.8. The first-order valence-corrected chi connectivity index (χ1v) is 10.8. The molecule has 3 saturated carbocycles. The Labute approximate surface area is 171 Å². The Balaban J connectivity index is 1.65. The Morgan fingerprint density at radius 3 is 2.62 bits per heavy atom. The molecule has 0 unspecified atom stereocenters. The first kappa shape index (κ1) is 20.7. The Morgan fingerprint density at radius 1 is 1.21 bits per heavy atom. The van der Waals surface area contributed by atoms with E-state index in [4.69, 9.17) is 4.74 Å². The number of rotatable bonds is 3. The molecule has 0 spiro atoms. The average Bonchev–Trinajstić information content (AvgIpc) is 2.91. The summed E-state index contributed by atoms with van der Waals surface area (Å²) in [6.45, 7) is 4.92. The molecule has 0 aromatic carbocycles. The molecule has 0 saturated heterocycles. The van der Waals surface area contributed by atoms with E-state index in [2.05, 4.69) is 6.92 Å². The molecule has 0 amide bonds. The molecule has 160 valence electrons. The highest BCUT2D eigenvalue weighted by Crippen LogP contribution is 2.67. The third-order valence-electron chi connectivity index (χ3n) is 8.92. The lowest BCUT2D eigenvalue weighted by Crippen LogP contribution is -2.62. The molecule has 4 aliphatic carbocycles. The molecule has 0 radical (unpaired) electrons. The molecule has 4 rings (SSSR count). The summed E-state index contributed by atoms with van der Waals surface area (Å²) in [4.78, 5) is 36.0. The maximum atomic E-state index is 12.9. The van der Waals surface area contributed by atoms with E-state index in [0.29, 0.717) is 19.3 Å². The molecule has 7 atom stereocenters. The van der Waals surface area contributed by atoms with Crippen LogP contribution in [0.25, 0.3) is 0 Å². The fourth-order valence-electron chi connectivity index (χ4n) is 7.44. The molecule has 4 aliphatic rings. The second-order valence-corrected chi connectivity index (χ2v) is 10.2. The molecule has 2 N–H and O–H groups in total. The van der Waals surface area contributed by atoms with Crippen LogP contribution in [0, 0.1) is 28.6 Å². The zero-order chi connectivity index (χ0) is 21.2. The van der Waals surface area contributed by atoms with Crippen LogP contribution in [0.1, 0.15) is 65.7 Å². The molecule has 0 aromatic rings. The minimum absolute atomic E-state index is 0.0413.